The lowest BCUT2D eigenvalue weighted by molar-refractivity contribution is -0.135. The fourth-order valence-corrected chi connectivity index (χ4v) is 6.29. The van der Waals surface area contributed by atoms with Crippen LogP contribution < -0.4 is 14.2 Å². The van der Waals surface area contributed by atoms with E-state index in [4.69, 9.17) is 14.2 Å². The topological polar surface area (TPSA) is 85.4 Å². The van der Waals surface area contributed by atoms with Crippen LogP contribution in [0.2, 0.25) is 0 Å². The number of amides is 1. The molecule has 3 aromatic carbocycles. The highest BCUT2D eigenvalue weighted by molar-refractivity contribution is 7.89. The third-order valence-corrected chi connectivity index (χ3v) is 8.47. The summed E-state index contributed by atoms with van der Waals surface area (Å²) in [5.74, 6) is 0.999. The molecule has 8 nitrogen and oxygen atoms in total. The highest BCUT2D eigenvalue weighted by Crippen LogP contribution is 2.38. The molecule has 0 radical (unpaired) electrons. The second kappa shape index (κ2) is 10.8. The van der Waals surface area contributed by atoms with E-state index in [0.29, 0.717) is 43.2 Å². The van der Waals surface area contributed by atoms with Gasteiger partial charge in [0.15, 0.2) is 11.5 Å². The minimum atomic E-state index is -3.71. The van der Waals surface area contributed by atoms with Crippen LogP contribution in [-0.4, -0.2) is 65.0 Å². The molecule has 36 heavy (non-hydrogen) atoms. The Morgan fingerprint density at radius 2 is 1.64 bits per heavy atom. The van der Waals surface area contributed by atoms with Gasteiger partial charge in [-0.05, 0) is 53.4 Å². The Morgan fingerprint density at radius 1 is 0.972 bits per heavy atom. The molecule has 1 atom stereocenters. The number of hydrogen-bond acceptors (Lipinski definition) is 6. The van der Waals surface area contributed by atoms with E-state index in [2.05, 4.69) is 0 Å². The quantitative estimate of drug-likeness (QED) is 0.455. The predicted molar refractivity (Wildman–Crippen MR) is 138 cm³/mol. The normalized spacial score (nSPS) is 16.5. The van der Waals surface area contributed by atoms with Crippen molar-refractivity contribution in [3.8, 4) is 17.2 Å². The average Bonchev–Trinajstić information content (AvgIpc) is 2.91. The number of hydrogen-bond donors (Lipinski definition) is 0. The number of nitrogens with zero attached hydrogens (tertiary/aromatic N) is 2. The number of rotatable bonds is 8. The van der Waals surface area contributed by atoms with Gasteiger partial charge in [-0.15, -0.1) is 0 Å². The van der Waals surface area contributed by atoms with E-state index >= 15 is 0 Å². The molecule has 0 aromatic heterocycles. The lowest BCUT2D eigenvalue weighted by Gasteiger charge is -2.33. The van der Waals surface area contributed by atoms with Crippen molar-refractivity contribution in [1.82, 2.24) is 9.21 Å². The van der Waals surface area contributed by atoms with Crippen LogP contribution in [0.5, 0.6) is 17.2 Å². The van der Waals surface area contributed by atoms with Gasteiger partial charge in [0, 0.05) is 26.7 Å². The van der Waals surface area contributed by atoms with Crippen molar-refractivity contribution in [1.29, 1.82) is 0 Å². The summed E-state index contributed by atoms with van der Waals surface area (Å²) in [7, 11) is 2.64. The molecular formula is C27H32N2O6S. The van der Waals surface area contributed by atoms with Gasteiger partial charge in [0.2, 0.25) is 21.7 Å². The average molecular weight is 513 g/mol. The Hall–Kier alpha value is -3.30. The summed E-state index contributed by atoms with van der Waals surface area (Å²) in [6.07, 6.45) is 1.27. The first-order valence-electron chi connectivity index (χ1n) is 11.8. The molecule has 1 aliphatic heterocycles. The summed E-state index contributed by atoms with van der Waals surface area (Å²) < 4.78 is 44.5. The molecule has 0 bridgehead atoms. The summed E-state index contributed by atoms with van der Waals surface area (Å²) in [5.41, 5.74) is 0.816. The van der Waals surface area contributed by atoms with Gasteiger partial charge in [-0.2, -0.15) is 4.31 Å². The third kappa shape index (κ3) is 5.12. The van der Waals surface area contributed by atoms with Gasteiger partial charge in [0.1, 0.15) is 0 Å². The molecule has 3 aromatic rings. The van der Waals surface area contributed by atoms with Crippen molar-refractivity contribution in [2.24, 2.45) is 5.92 Å². The first kappa shape index (κ1) is 25.8. The van der Waals surface area contributed by atoms with Crippen LogP contribution in [0.1, 0.15) is 18.4 Å². The van der Waals surface area contributed by atoms with Crippen molar-refractivity contribution < 1.29 is 27.4 Å². The number of carbonyl (C=O) groups excluding carboxylic acids is 1. The fourth-order valence-electron chi connectivity index (χ4n) is 4.73. The summed E-state index contributed by atoms with van der Waals surface area (Å²) >= 11 is 0. The van der Waals surface area contributed by atoms with Crippen LogP contribution in [-0.2, 0) is 21.4 Å². The van der Waals surface area contributed by atoms with E-state index < -0.39 is 15.9 Å². The van der Waals surface area contributed by atoms with Crippen LogP contribution in [0, 0.1) is 5.92 Å². The van der Waals surface area contributed by atoms with Crippen LogP contribution in [0.15, 0.2) is 59.5 Å². The molecular weight excluding hydrogens is 480 g/mol. The van der Waals surface area contributed by atoms with E-state index in [9.17, 15) is 13.2 Å². The van der Waals surface area contributed by atoms with Crippen LogP contribution in [0.25, 0.3) is 10.8 Å². The van der Waals surface area contributed by atoms with Gasteiger partial charge >= 0.3 is 0 Å². The summed E-state index contributed by atoms with van der Waals surface area (Å²) in [6.45, 7) is 0.882. The van der Waals surface area contributed by atoms with Crippen LogP contribution in [0.3, 0.4) is 0 Å². The minimum Gasteiger partial charge on any atom is -0.493 e. The monoisotopic (exact) mass is 512 g/mol. The minimum absolute atomic E-state index is 0.0952. The molecule has 0 N–H and O–H groups in total. The molecule has 4 rings (SSSR count). The molecule has 1 heterocycles. The Kier molecular flexibility index (Phi) is 7.70. The third-order valence-electron chi connectivity index (χ3n) is 6.61. The molecule has 0 spiro atoms. The van der Waals surface area contributed by atoms with E-state index in [1.165, 1.54) is 11.4 Å². The lowest BCUT2D eigenvalue weighted by Crippen LogP contribution is -2.45. The van der Waals surface area contributed by atoms with Gasteiger partial charge in [-0.3, -0.25) is 4.79 Å². The second-order valence-corrected chi connectivity index (χ2v) is 10.9. The Labute approximate surface area is 212 Å². The number of sulfonamides is 1. The van der Waals surface area contributed by atoms with E-state index in [1.54, 1.807) is 38.3 Å². The highest BCUT2D eigenvalue weighted by atomic mass is 32.2. The SMILES string of the molecule is COc1cc(CN(C)C(=O)[C@@H]2CCCN(S(=O)(=O)c3ccc4ccccc4c3)C2)cc(OC)c1OC. The number of fused-ring (bicyclic) bond motifs is 1. The van der Waals surface area contributed by atoms with Crippen molar-refractivity contribution in [2.75, 3.05) is 41.5 Å². The van der Waals surface area contributed by atoms with Crippen LogP contribution >= 0.6 is 0 Å². The first-order valence-corrected chi connectivity index (χ1v) is 13.2. The first-order chi connectivity index (χ1) is 17.3. The number of benzene rings is 3. The molecule has 1 fully saturated rings. The van der Waals surface area contributed by atoms with Gasteiger partial charge in [-0.25, -0.2) is 8.42 Å². The summed E-state index contributed by atoms with van der Waals surface area (Å²) in [5, 5.41) is 1.85. The zero-order valence-corrected chi connectivity index (χ0v) is 21.9. The molecule has 192 valence electrons. The van der Waals surface area contributed by atoms with Crippen molar-refractivity contribution in [2.45, 2.75) is 24.3 Å². The van der Waals surface area contributed by atoms with E-state index in [1.807, 2.05) is 42.5 Å². The Balaban J connectivity index is 1.49. The molecule has 1 saturated heterocycles. The molecule has 0 saturated carbocycles. The molecule has 1 aliphatic rings. The maximum atomic E-state index is 13.4. The Bertz CT molecular complexity index is 1330. The number of piperidine rings is 1. The van der Waals surface area contributed by atoms with Gasteiger partial charge in [-0.1, -0.05) is 30.3 Å². The zero-order chi connectivity index (χ0) is 25.9. The van der Waals surface area contributed by atoms with Gasteiger partial charge in [0.05, 0.1) is 32.1 Å². The van der Waals surface area contributed by atoms with Crippen molar-refractivity contribution >= 4 is 26.7 Å². The fraction of sp³-hybridized carbons (Fsp3) is 0.370. The Morgan fingerprint density at radius 3 is 2.28 bits per heavy atom. The molecule has 0 aliphatic carbocycles. The van der Waals surface area contributed by atoms with Gasteiger partial charge < -0.3 is 19.1 Å². The van der Waals surface area contributed by atoms with Crippen LogP contribution in [0.4, 0.5) is 0 Å². The van der Waals surface area contributed by atoms with Crippen molar-refractivity contribution in [3.05, 3.63) is 60.2 Å². The van der Waals surface area contributed by atoms with Crippen molar-refractivity contribution in [3.63, 3.8) is 0 Å². The lowest BCUT2D eigenvalue weighted by atomic mass is 9.98. The maximum absolute atomic E-state index is 13.4. The molecule has 0 unspecified atom stereocenters. The second-order valence-electron chi connectivity index (χ2n) is 8.94. The largest absolute Gasteiger partial charge is 0.493 e. The smallest absolute Gasteiger partial charge is 0.243 e. The number of ether oxygens (including phenoxy) is 3. The summed E-state index contributed by atoms with van der Waals surface area (Å²) in [6, 6.07) is 16.4. The molecule has 9 heteroatoms. The standard InChI is InChI=1S/C27H32N2O6S/c1-28(17-19-14-24(33-2)26(35-4)25(15-19)34-3)27(30)22-10-7-13-29(18-22)36(31,32)23-12-11-20-8-5-6-9-21(20)16-23/h5-6,8-9,11-12,14-16,22H,7,10,13,17-18H2,1-4H3/t22-/m1/s1. The summed E-state index contributed by atoms with van der Waals surface area (Å²) in [4.78, 5) is 15.2. The van der Waals surface area contributed by atoms with Gasteiger partial charge in [0.25, 0.3) is 0 Å². The van der Waals surface area contributed by atoms with E-state index in [0.717, 1.165) is 16.3 Å². The number of carbonyl (C=O) groups is 1. The van der Waals surface area contributed by atoms with E-state index in [-0.39, 0.29) is 17.3 Å². The predicted octanol–water partition coefficient (Wildman–Crippen LogP) is 3.92. The highest BCUT2D eigenvalue weighted by Gasteiger charge is 2.34. The maximum Gasteiger partial charge on any atom is 0.243 e. The zero-order valence-electron chi connectivity index (χ0n) is 21.1. The molecule has 1 amide bonds. The number of methoxy groups -OCH3 is 3.